The second-order valence-corrected chi connectivity index (χ2v) is 6.85. The Balaban J connectivity index is 2.46. The quantitative estimate of drug-likeness (QED) is 0.579. The van der Waals surface area contributed by atoms with Gasteiger partial charge in [-0.2, -0.15) is 0 Å². The highest BCUT2D eigenvalue weighted by Crippen LogP contribution is 2.56. The van der Waals surface area contributed by atoms with Crippen molar-refractivity contribution in [3.63, 3.8) is 0 Å². The summed E-state index contributed by atoms with van der Waals surface area (Å²) in [7, 11) is 0. The van der Waals surface area contributed by atoms with Crippen LogP contribution in [0, 0.1) is 41.4 Å². The third-order valence-electron chi connectivity index (χ3n) is 5.34. The first-order valence-corrected chi connectivity index (χ1v) is 7.40. The molecule has 0 radical (unpaired) electrons. The van der Waals surface area contributed by atoms with E-state index in [1.54, 1.807) is 0 Å². The smallest absolute Gasteiger partial charge is 0.0326 e. The van der Waals surface area contributed by atoms with Gasteiger partial charge < -0.3 is 0 Å². The molecule has 1 rings (SSSR count). The molecule has 0 aromatic heterocycles. The number of rotatable bonds is 6. The zero-order valence-electron chi connectivity index (χ0n) is 12.5. The lowest BCUT2D eigenvalue weighted by Crippen LogP contribution is -2.12. The maximum Gasteiger partial charge on any atom is -0.0326 e. The Labute approximate surface area is 103 Å². The molecule has 0 saturated heterocycles. The minimum absolute atomic E-state index is 0.858. The molecule has 0 aliphatic heterocycles. The van der Waals surface area contributed by atoms with Crippen LogP contribution >= 0.6 is 0 Å². The van der Waals surface area contributed by atoms with Crippen LogP contribution in [0.2, 0.25) is 0 Å². The summed E-state index contributed by atoms with van der Waals surface area (Å²) >= 11 is 0. The van der Waals surface area contributed by atoms with Crippen LogP contribution in [0.5, 0.6) is 0 Å². The van der Waals surface area contributed by atoms with Crippen molar-refractivity contribution in [1.82, 2.24) is 0 Å². The van der Waals surface area contributed by atoms with Gasteiger partial charge in [0.1, 0.15) is 0 Å². The van der Waals surface area contributed by atoms with E-state index in [0.717, 1.165) is 41.4 Å². The molecule has 0 nitrogen and oxygen atoms in total. The van der Waals surface area contributed by atoms with E-state index in [2.05, 4.69) is 48.5 Å². The molecule has 0 bridgehead atoms. The van der Waals surface area contributed by atoms with Gasteiger partial charge >= 0.3 is 0 Å². The minimum atomic E-state index is 0.858. The molecule has 16 heavy (non-hydrogen) atoms. The SMILES string of the molecule is CCC(CC1C(C)C1C(C)C(C)C)C(C)C. The van der Waals surface area contributed by atoms with Gasteiger partial charge in [0.05, 0.1) is 0 Å². The molecule has 0 heteroatoms. The van der Waals surface area contributed by atoms with Crippen molar-refractivity contribution >= 4 is 0 Å². The summed E-state index contributed by atoms with van der Waals surface area (Å²) in [4.78, 5) is 0. The van der Waals surface area contributed by atoms with E-state index in [1.165, 1.54) is 12.8 Å². The molecule has 1 fully saturated rings. The third kappa shape index (κ3) is 3.02. The maximum absolute atomic E-state index is 2.47. The van der Waals surface area contributed by atoms with Gasteiger partial charge in [-0.25, -0.2) is 0 Å². The molecule has 0 aromatic carbocycles. The maximum atomic E-state index is 2.47. The predicted molar refractivity (Wildman–Crippen MR) is 73.4 cm³/mol. The summed E-state index contributed by atoms with van der Waals surface area (Å²) in [5, 5.41) is 0. The average Bonchev–Trinajstić information content (AvgIpc) is 2.83. The monoisotopic (exact) mass is 224 g/mol. The van der Waals surface area contributed by atoms with Gasteiger partial charge in [0.25, 0.3) is 0 Å². The van der Waals surface area contributed by atoms with E-state index in [-0.39, 0.29) is 0 Å². The van der Waals surface area contributed by atoms with Crippen LogP contribution in [-0.4, -0.2) is 0 Å². The van der Waals surface area contributed by atoms with Crippen molar-refractivity contribution in [2.45, 2.75) is 61.3 Å². The highest BCUT2D eigenvalue weighted by Gasteiger charge is 2.50. The first-order valence-electron chi connectivity index (χ1n) is 7.40. The lowest BCUT2D eigenvalue weighted by molar-refractivity contribution is 0.296. The zero-order valence-corrected chi connectivity index (χ0v) is 12.5. The molecule has 1 aliphatic carbocycles. The molecule has 0 heterocycles. The summed E-state index contributed by atoms with van der Waals surface area (Å²) < 4.78 is 0. The fraction of sp³-hybridized carbons (Fsp3) is 1.00. The van der Waals surface area contributed by atoms with Gasteiger partial charge in [-0.1, -0.05) is 54.9 Å². The summed E-state index contributed by atoms with van der Waals surface area (Å²) in [6, 6.07) is 0. The fourth-order valence-corrected chi connectivity index (χ4v) is 3.52. The number of hydrogen-bond donors (Lipinski definition) is 0. The van der Waals surface area contributed by atoms with E-state index in [9.17, 15) is 0 Å². The van der Waals surface area contributed by atoms with E-state index in [1.807, 2.05) is 0 Å². The zero-order chi connectivity index (χ0) is 12.5. The summed E-state index contributed by atoms with van der Waals surface area (Å²) in [6.07, 6.45) is 2.85. The topological polar surface area (TPSA) is 0 Å². The largest absolute Gasteiger partial charge is 0.0651 e. The molecule has 0 aromatic rings. The molecule has 0 amide bonds. The Morgan fingerprint density at radius 1 is 0.938 bits per heavy atom. The van der Waals surface area contributed by atoms with Crippen LogP contribution < -0.4 is 0 Å². The first kappa shape index (κ1) is 14.1. The third-order valence-corrected chi connectivity index (χ3v) is 5.34. The van der Waals surface area contributed by atoms with Crippen molar-refractivity contribution < 1.29 is 0 Å². The molecule has 1 saturated carbocycles. The first-order chi connectivity index (χ1) is 7.40. The van der Waals surface area contributed by atoms with E-state index < -0.39 is 0 Å². The fourth-order valence-electron chi connectivity index (χ4n) is 3.52. The average molecular weight is 224 g/mol. The van der Waals surface area contributed by atoms with Crippen molar-refractivity contribution in [1.29, 1.82) is 0 Å². The number of hydrogen-bond acceptors (Lipinski definition) is 0. The summed E-state index contributed by atoms with van der Waals surface area (Å²) in [5.74, 6) is 6.65. The Kier molecular flexibility index (Phi) is 4.88. The highest BCUT2D eigenvalue weighted by atomic mass is 14.5. The van der Waals surface area contributed by atoms with E-state index in [4.69, 9.17) is 0 Å². The van der Waals surface area contributed by atoms with Gasteiger partial charge in [-0.05, 0) is 47.8 Å². The molecule has 96 valence electrons. The molecule has 5 unspecified atom stereocenters. The van der Waals surface area contributed by atoms with Crippen molar-refractivity contribution in [2.75, 3.05) is 0 Å². The van der Waals surface area contributed by atoms with Gasteiger partial charge in [0.15, 0.2) is 0 Å². The van der Waals surface area contributed by atoms with Crippen LogP contribution in [0.4, 0.5) is 0 Å². The molecule has 0 N–H and O–H groups in total. The van der Waals surface area contributed by atoms with Crippen LogP contribution in [0.1, 0.15) is 61.3 Å². The molecule has 5 atom stereocenters. The Bertz CT molecular complexity index is 204. The second-order valence-electron chi connectivity index (χ2n) is 6.85. The van der Waals surface area contributed by atoms with Crippen LogP contribution in [-0.2, 0) is 0 Å². The summed E-state index contributed by atoms with van der Waals surface area (Å²) in [6.45, 7) is 16.8. The second kappa shape index (κ2) is 5.56. The van der Waals surface area contributed by atoms with Crippen LogP contribution in [0.25, 0.3) is 0 Å². The molecular formula is C16H32. The Hall–Kier alpha value is 0. The van der Waals surface area contributed by atoms with Gasteiger partial charge in [0.2, 0.25) is 0 Å². The lowest BCUT2D eigenvalue weighted by Gasteiger charge is -2.20. The summed E-state index contributed by atoms with van der Waals surface area (Å²) in [5.41, 5.74) is 0. The van der Waals surface area contributed by atoms with Crippen molar-refractivity contribution in [3.8, 4) is 0 Å². The predicted octanol–water partition coefficient (Wildman–Crippen LogP) is 5.23. The van der Waals surface area contributed by atoms with E-state index >= 15 is 0 Å². The standard InChI is InChI=1S/C16H32/c1-8-14(11(4)5)9-15-13(7)16(15)12(6)10(2)3/h10-16H,8-9H2,1-7H3. The normalized spacial score (nSPS) is 33.2. The van der Waals surface area contributed by atoms with Crippen LogP contribution in [0.15, 0.2) is 0 Å². The van der Waals surface area contributed by atoms with Crippen molar-refractivity contribution in [3.05, 3.63) is 0 Å². The highest BCUT2D eigenvalue weighted by molar-refractivity contribution is 4.98. The molecule has 0 spiro atoms. The van der Waals surface area contributed by atoms with Gasteiger partial charge in [0, 0.05) is 0 Å². The molecule has 1 aliphatic rings. The van der Waals surface area contributed by atoms with E-state index in [0.29, 0.717) is 0 Å². The minimum Gasteiger partial charge on any atom is -0.0651 e. The Morgan fingerprint density at radius 2 is 1.50 bits per heavy atom. The van der Waals surface area contributed by atoms with Gasteiger partial charge in [-0.15, -0.1) is 0 Å². The molecular weight excluding hydrogens is 192 g/mol. The van der Waals surface area contributed by atoms with Crippen molar-refractivity contribution in [2.24, 2.45) is 41.4 Å². The lowest BCUT2D eigenvalue weighted by atomic mass is 9.85. The van der Waals surface area contributed by atoms with Gasteiger partial charge in [-0.3, -0.25) is 0 Å². The Morgan fingerprint density at radius 3 is 1.88 bits per heavy atom. The van der Waals surface area contributed by atoms with Crippen LogP contribution in [0.3, 0.4) is 0 Å².